The number of rotatable bonds is 2. The summed E-state index contributed by atoms with van der Waals surface area (Å²) in [6.45, 7) is 4.93. The molecular weight excluding hydrogens is 319 g/mol. The van der Waals surface area contributed by atoms with Gasteiger partial charge in [0.2, 0.25) is 0 Å². The molecule has 0 amide bonds. The number of anilines is 2. The summed E-state index contributed by atoms with van der Waals surface area (Å²) in [7, 11) is 0. The van der Waals surface area contributed by atoms with Gasteiger partial charge in [0.1, 0.15) is 11.6 Å². The van der Waals surface area contributed by atoms with Crippen LogP contribution >= 0.6 is 0 Å². The van der Waals surface area contributed by atoms with Crippen molar-refractivity contribution in [1.29, 1.82) is 0 Å². The number of hydrogen-bond acceptors (Lipinski definition) is 5. The third-order valence-electron chi connectivity index (χ3n) is 5.15. The maximum Gasteiger partial charge on any atom is 0.147 e. The zero-order valence-corrected chi connectivity index (χ0v) is 14.3. The van der Waals surface area contributed by atoms with Crippen molar-refractivity contribution in [3.05, 3.63) is 48.7 Å². The molecule has 132 valence electrons. The lowest BCUT2D eigenvalue weighted by Gasteiger charge is -2.44. The van der Waals surface area contributed by atoms with E-state index in [-0.39, 0.29) is 11.2 Å². The number of aromatic nitrogens is 2. The summed E-state index contributed by atoms with van der Waals surface area (Å²) >= 11 is 0. The molecule has 2 aliphatic rings. The standard InChI is InChI=1S/C19H23FN4O/c20-16-3-1-4-17(11-16)23-9-10-25-15-19(13-23)5-2-8-24(14-19)18-12-21-6-7-22-18/h1,3-4,6-7,11-12H,2,5,8-10,13-15H2. The van der Waals surface area contributed by atoms with Crippen LogP contribution in [0.4, 0.5) is 15.9 Å². The number of nitrogens with zero attached hydrogens (tertiary/aromatic N) is 4. The van der Waals surface area contributed by atoms with E-state index in [0.717, 1.165) is 57.1 Å². The number of piperidine rings is 1. The topological polar surface area (TPSA) is 41.5 Å². The Hall–Kier alpha value is -2.21. The van der Waals surface area contributed by atoms with E-state index in [1.165, 1.54) is 6.07 Å². The van der Waals surface area contributed by atoms with Crippen molar-refractivity contribution in [2.45, 2.75) is 12.8 Å². The molecule has 4 rings (SSSR count). The fourth-order valence-corrected chi connectivity index (χ4v) is 3.99. The first kappa shape index (κ1) is 16.3. The molecule has 0 bridgehead atoms. The highest BCUT2D eigenvalue weighted by Crippen LogP contribution is 2.35. The Morgan fingerprint density at radius 1 is 1.12 bits per heavy atom. The van der Waals surface area contributed by atoms with Gasteiger partial charge in [-0.1, -0.05) is 6.07 Å². The van der Waals surface area contributed by atoms with Crippen LogP contribution in [0.5, 0.6) is 0 Å². The first-order valence-corrected chi connectivity index (χ1v) is 8.83. The van der Waals surface area contributed by atoms with Crippen LogP contribution in [-0.2, 0) is 4.74 Å². The summed E-state index contributed by atoms with van der Waals surface area (Å²) in [6.07, 6.45) is 7.45. The first-order valence-electron chi connectivity index (χ1n) is 8.83. The molecule has 2 fully saturated rings. The number of halogens is 1. The van der Waals surface area contributed by atoms with E-state index in [1.54, 1.807) is 24.5 Å². The molecule has 2 aromatic rings. The second-order valence-corrected chi connectivity index (χ2v) is 7.04. The monoisotopic (exact) mass is 342 g/mol. The second kappa shape index (κ2) is 6.96. The molecule has 1 aromatic carbocycles. The van der Waals surface area contributed by atoms with Crippen LogP contribution in [0, 0.1) is 11.2 Å². The quantitative estimate of drug-likeness (QED) is 0.839. The molecule has 1 unspecified atom stereocenters. The minimum Gasteiger partial charge on any atom is -0.379 e. The highest BCUT2D eigenvalue weighted by molar-refractivity contribution is 5.47. The third kappa shape index (κ3) is 3.58. The van der Waals surface area contributed by atoms with Crippen LogP contribution in [0.1, 0.15) is 12.8 Å². The van der Waals surface area contributed by atoms with E-state index in [0.29, 0.717) is 6.61 Å². The molecule has 1 spiro atoms. The Bertz CT molecular complexity index is 714. The van der Waals surface area contributed by atoms with E-state index in [1.807, 2.05) is 12.3 Å². The molecule has 0 aliphatic carbocycles. The summed E-state index contributed by atoms with van der Waals surface area (Å²) in [6, 6.07) is 6.85. The number of hydrogen-bond donors (Lipinski definition) is 0. The summed E-state index contributed by atoms with van der Waals surface area (Å²) in [4.78, 5) is 13.2. The van der Waals surface area contributed by atoms with Gasteiger partial charge in [0, 0.05) is 49.7 Å². The van der Waals surface area contributed by atoms with Gasteiger partial charge in [-0.3, -0.25) is 4.98 Å². The van der Waals surface area contributed by atoms with Gasteiger partial charge >= 0.3 is 0 Å². The van der Waals surface area contributed by atoms with Gasteiger partial charge in [0.15, 0.2) is 0 Å². The first-order chi connectivity index (χ1) is 12.2. The summed E-state index contributed by atoms with van der Waals surface area (Å²) in [5, 5.41) is 0. The van der Waals surface area contributed by atoms with Crippen LogP contribution in [0.15, 0.2) is 42.9 Å². The third-order valence-corrected chi connectivity index (χ3v) is 5.15. The molecule has 5 nitrogen and oxygen atoms in total. The Labute approximate surface area is 147 Å². The van der Waals surface area contributed by atoms with Gasteiger partial charge in [-0.05, 0) is 31.0 Å². The Balaban J connectivity index is 1.57. The lowest BCUT2D eigenvalue weighted by Crippen LogP contribution is -2.51. The maximum atomic E-state index is 13.7. The summed E-state index contributed by atoms with van der Waals surface area (Å²) < 4.78 is 19.6. The maximum absolute atomic E-state index is 13.7. The minimum atomic E-state index is -0.193. The fourth-order valence-electron chi connectivity index (χ4n) is 3.99. The molecule has 2 aliphatic heterocycles. The second-order valence-electron chi connectivity index (χ2n) is 7.04. The van der Waals surface area contributed by atoms with Crippen molar-refractivity contribution in [1.82, 2.24) is 9.97 Å². The van der Waals surface area contributed by atoms with Crippen LogP contribution in [0.25, 0.3) is 0 Å². The van der Waals surface area contributed by atoms with E-state index < -0.39 is 0 Å². The highest BCUT2D eigenvalue weighted by atomic mass is 19.1. The van der Waals surface area contributed by atoms with Crippen molar-refractivity contribution in [3.63, 3.8) is 0 Å². The van der Waals surface area contributed by atoms with Crippen LogP contribution in [0.2, 0.25) is 0 Å². The predicted molar refractivity (Wildman–Crippen MR) is 95.3 cm³/mol. The smallest absolute Gasteiger partial charge is 0.147 e. The molecule has 25 heavy (non-hydrogen) atoms. The van der Waals surface area contributed by atoms with Crippen molar-refractivity contribution >= 4 is 11.5 Å². The predicted octanol–water partition coefficient (Wildman–Crippen LogP) is 2.74. The Kier molecular flexibility index (Phi) is 4.53. The van der Waals surface area contributed by atoms with Crippen molar-refractivity contribution in [3.8, 4) is 0 Å². The molecule has 3 heterocycles. The molecular formula is C19H23FN4O. The van der Waals surface area contributed by atoms with Crippen molar-refractivity contribution in [2.24, 2.45) is 5.41 Å². The lowest BCUT2D eigenvalue weighted by molar-refractivity contribution is 0.0597. The average molecular weight is 342 g/mol. The molecule has 1 atom stereocenters. The molecule has 0 N–H and O–H groups in total. The molecule has 0 radical (unpaired) electrons. The summed E-state index contributed by atoms with van der Waals surface area (Å²) in [5.74, 6) is 0.727. The van der Waals surface area contributed by atoms with Crippen molar-refractivity contribution in [2.75, 3.05) is 49.2 Å². The fraction of sp³-hybridized carbons (Fsp3) is 0.474. The SMILES string of the molecule is Fc1cccc(N2CCOCC3(CCCN(c4cnccn4)C3)C2)c1. The molecule has 0 saturated carbocycles. The van der Waals surface area contributed by atoms with Gasteiger partial charge in [-0.25, -0.2) is 9.37 Å². The van der Waals surface area contributed by atoms with Gasteiger partial charge < -0.3 is 14.5 Å². The van der Waals surface area contributed by atoms with E-state index in [4.69, 9.17) is 4.74 Å². The van der Waals surface area contributed by atoms with Gasteiger partial charge in [-0.15, -0.1) is 0 Å². The van der Waals surface area contributed by atoms with Gasteiger partial charge in [-0.2, -0.15) is 0 Å². The van der Waals surface area contributed by atoms with Gasteiger partial charge in [0.25, 0.3) is 0 Å². The van der Waals surface area contributed by atoms with E-state index >= 15 is 0 Å². The number of benzene rings is 1. The highest BCUT2D eigenvalue weighted by Gasteiger charge is 2.39. The lowest BCUT2D eigenvalue weighted by atomic mass is 9.80. The Morgan fingerprint density at radius 2 is 2.04 bits per heavy atom. The van der Waals surface area contributed by atoms with Crippen LogP contribution < -0.4 is 9.80 Å². The van der Waals surface area contributed by atoms with Gasteiger partial charge in [0.05, 0.1) is 19.4 Å². The van der Waals surface area contributed by atoms with Crippen LogP contribution in [-0.4, -0.2) is 49.4 Å². The largest absolute Gasteiger partial charge is 0.379 e. The zero-order valence-electron chi connectivity index (χ0n) is 14.3. The number of ether oxygens (including phenoxy) is 1. The minimum absolute atomic E-state index is 0.0264. The Morgan fingerprint density at radius 3 is 2.88 bits per heavy atom. The molecule has 2 saturated heterocycles. The normalized spacial score (nSPS) is 24.4. The van der Waals surface area contributed by atoms with Crippen molar-refractivity contribution < 1.29 is 9.13 Å². The summed E-state index contributed by atoms with van der Waals surface area (Å²) in [5.41, 5.74) is 0.958. The zero-order chi connectivity index (χ0) is 17.1. The van der Waals surface area contributed by atoms with E-state index in [2.05, 4.69) is 19.8 Å². The van der Waals surface area contributed by atoms with Crippen LogP contribution in [0.3, 0.4) is 0 Å². The average Bonchev–Trinajstić information content (AvgIpc) is 2.85. The van der Waals surface area contributed by atoms with E-state index in [9.17, 15) is 4.39 Å². The molecule has 6 heteroatoms. The molecule has 1 aromatic heterocycles.